The van der Waals surface area contributed by atoms with Crippen molar-refractivity contribution in [1.82, 2.24) is 20.5 Å². The van der Waals surface area contributed by atoms with Gasteiger partial charge in [0.15, 0.2) is 5.96 Å². The lowest BCUT2D eigenvalue weighted by Gasteiger charge is -2.14. The summed E-state index contributed by atoms with van der Waals surface area (Å²) in [4.78, 5) is 22.6. The highest BCUT2D eigenvalue weighted by Gasteiger charge is 2.08. The fourth-order valence-corrected chi connectivity index (χ4v) is 2.70. The van der Waals surface area contributed by atoms with Crippen molar-refractivity contribution in [2.45, 2.75) is 39.8 Å². The summed E-state index contributed by atoms with van der Waals surface area (Å²) in [6, 6.07) is 11.5. The van der Waals surface area contributed by atoms with E-state index in [9.17, 15) is 4.79 Å². The van der Waals surface area contributed by atoms with Gasteiger partial charge in [-0.1, -0.05) is 31.5 Å². The van der Waals surface area contributed by atoms with Gasteiger partial charge < -0.3 is 20.3 Å². The van der Waals surface area contributed by atoms with E-state index >= 15 is 0 Å². The quantitative estimate of drug-likeness (QED) is 0.208. The van der Waals surface area contributed by atoms with Crippen molar-refractivity contribution in [3.8, 4) is 5.88 Å². The lowest BCUT2D eigenvalue weighted by Crippen LogP contribution is -2.36. The summed E-state index contributed by atoms with van der Waals surface area (Å²) in [5, 5.41) is 6.60. The molecular formula is C23H34IN5O2. The summed E-state index contributed by atoms with van der Waals surface area (Å²) in [5.41, 5.74) is 2.70. The van der Waals surface area contributed by atoms with Crippen molar-refractivity contribution in [1.29, 1.82) is 0 Å². The molecule has 7 nitrogen and oxygen atoms in total. The molecule has 1 aromatic heterocycles. The summed E-state index contributed by atoms with van der Waals surface area (Å²) in [6.45, 7) is 6.67. The average Bonchev–Trinajstić information content (AvgIpc) is 2.76. The maximum Gasteiger partial charge on any atom is 0.253 e. The monoisotopic (exact) mass is 539 g/mol. The minimum absolute atomic E-state index is 0. The molecule has 0 fully saturated rings. The van der Waals surface area contributed by atoms with Gasteiger partial charge in [0.05, 0.1) is 13.2 Å². The Kier molecular flexibility index (Phi) is 12.6. The largest absolute Gasteiger partial charge is 0.477 e. The molecule has 1 heterocycles. The number of aromatic nitrogens is 1. The predicted octanol–water partition coefficient (Wildman–Crippen LogP) is 3.84. The van der Waals surface area contributed by atoms with Crippen molar-refractivity contribution >= 4 is 35.8 Å². The Morgan fingerprint density at radius 2 is 1.87 bits per heavy atom. The van der Waals surface area contributed by atoms with E-state index in [0.29, 0.717) is 37.1 Å². The Morgan fingerprint density at radius 1 is 1.13 bits per heavy atom. The Balaban J connectivity index is 0.00000480. The van der Waals surface area contributed by atoms with Crippen LogP contribution >= 0.6 is 24.0 Å². The molecule has 0 bridgehead atoms. The molecule has 0 saturated carbocycles. The zero-order valence-corrected chi connectivity index (χ0v) is 21.2. The van der Waals surface area contributed by atoms with Crippen LogP contribution in [0.4, 0.5) is 0 Å². The van der Waals surface area contributed by atoms with E-state index < -0.39 is 0 Å². The van der Waals surface area contributed by atoms with Crippen LogP contribution in [-0.4, -0.2) is 49.0 Å². The van der Waals surface area contributed by atoms with Crippen molar-refractivity contribution in [2.24, 2.45) is 4.99 Å². The molecule has 0 spiro atoms. The van der Waals surface area contributed by atoms with Crippen LogP contribution in [0.25, 0.3) is 0 Å². The normalized spacial score (nSPS) is 10.8. The molecule has 1 aromatic carbocycles. The number of halogens is 1. The second-order valence-corrected chi connectivity index (χ2v) is 7.11. The number of pyridine rings is 1. The number of unbranched alkanes of at least 4 members (excludes halogenated alkanes) is 1. The number of amides is 1. The molecule has 2 N–H and O–H groups in total. The maximum absolute atomic E-state index is 12.0. The second-order valence-electron chi connectivity index (χ2n) is 7.11. The van der Waals surface area contributed by atoms with Crippen LogP contribution < -0.4 is 15.4 Å². The number of nitrogens with zero attached hydrogens (tertiary/aromatic N) is 3. The van der Waals surface area contributed by atoms with Gasteiger partial charge in [0.1, 0.15) is 0 Å². The maximum atomic E-state index is 12.0. The fourth-order valence-electron chi connectivity index (χ4n) is 2.70. The molecule has 1 amide bonds. The highest BCUT2D eigenvalue weighted by molar-refractivity contribution is 14.0. The van der Waals surface area contributed by atoms with Crippen molar-refractivity contribution in [2.75, 3.05) is 27.2 Å². The number of guanidine groups is 1. The van der Waals surface area contributed by atoms with Gasteiger partial charge in [-0.15, -0.1) is 24.0 Å². The molecule has 0 aliphatic heterocycles. The van der Waals surface area contributed by atoms with Gasteiger partial charge in [-0.25, -0.2) is 9.98 Å². The molecular weight excluding hydrogens is 505 g/mol. The van der Waals surface area contributed by atoms with E-state index in [1.54, 1.807) is 25.2 Å². The van der Waals surface area contributed by atoms with Crippen LogP contribution in [0.2, 0.25) is 0 Å². The van der Waals surface area contributed by atoms with Crippen LogP contribution in [0.15, 0.2) is 47.6 Å². The summed E-state index contributed by atoms with van der Waals surface area (Å²) >= 11 is 0. The van der Waals surface area contributed by atoms with E-state index in [4.69, 9.17) is 4.74 Å². The van der Waals surface area contributed by atoms with Gasteiger partial charge in [-0.3, -0.25) is 4.79 Å². The van der Waals surface area contributed by atoms with Gasteiger partial charge in [0, 0.05) is 44.5 Å². The molecule has 8 heteroatoms. The molecule has 0 atom stereocenters. The van der Waals surface area contributed by atoms with E-state index in [-0.39, 0.29) is 29.9 Å². The number of aliphatic imine (C=N–C) groups is 1. The number of hydrogen-bond donors (Lipinski definition) is 2. The van der Waals surface area contributed by atoms with Crippen LogP contribution in [0.3, 0.4) is 0 Å². The van der Waals surface area contributed by atoms with Gasteiger partial charge in [0.2, 0.25) is 5.88 Å². The molecule has 31 heavy (non-hydrogen) atoms. The molecule has 0 radical (unpaired) electrons. The molecule has 0 saturated heterocycles. The molecule has 2 aromatic rings. The number of ether oxygens (including phenoxy) is 1. The number of nitrogens with one attached hydrogen (secondary N) is 2. The Labute approximate surface area is 202 Å². The first-order chi connectivity index (χ1) is 14.5. The summed E-state index contributed by atoms with van der Waals surface area (Å²) in [6.07, 6.45) is 3.84. The SMILES string of the molecule is CCCCOc1ncccc1CNC(=NCc1ccc(C(=O)N(C)C)cc1)NCC.I. The lowest BCUT2D eigenvalue weighted by atomic mass is 10.1. The first kappa shape index (κ1) is 26.7. The van der Waals surface area contributed by atoms with Gasteiger partial charge >= 0.3 is 0 Å². The molecule has 0 aliphatic carbocycles. The second kappa shape index (κ2) is 14.6. The average molecular weight is 539 g/mol. The zero-order valence-electron chi connectivity index (χ0n) is 18.9. The Bertz CT molecular complexity index is 825. The minimum Gasteiger partial charge on any atom is -0.477 e. The van der Waals surface area contributed by atoms with E-state index in [1.807, 2.05) is 43.3 Å². The van der Waals surface area contributed by atoms with E-state index in [0.717, 1.165) is 30.5 Å². The van der Waals surface area contributed by atoms with Gasteiger partial charge in [0.25, 0.3) is 5.91 Å². The standard InChI is InChI=1S/C23H33N5O2.HI/c1-5-7-15-30-21-20(9-8-14-25-21)17-27-23(24-6-2)26-16-18-10-12-19(13-11-18)22(29)28(3)4;/h8-14H,5-7,15-17H2,1-4H3,(H2,24,26,27);1H. The highest BCUT2D eigenvalue weighted by Crippen LogP contribution is 2.14. The lowest BCUT2D eigenvalue weighted by molar-refractivity contribution is 0.0827. The highest BCUT2D eigenvalue weighted by atomic mass is 127. The summed E-state index contributed by atoms with van der Waals surface area (Å²) in [5.74, 6) is 1.37. The summed E-state index contributed by atoms with van der Waals surface area (Å²) < 4.78 is 5.80. The fraction of sp³-hybridized carbons (Fsp3) is 0.435. The smallest absolute Gasteiger partial charge is 0.253 e. The van der Waals surface area contributed by atoms with E-state index in [1.165, 1.54) is 0 Å². The first-order valence-corrected chi connectivity index (χ1v) is 10.4. The topological polar surface area (TPSA) is 78.8 Å². The van der Waals surface area contributed by atoms with Crippen LogP contribution in [0, 0.1) is 0 Å². The zero-order chi connectivity index (χ0) is 21.8. The number of rotatable bonds is 10. The van der Waals surface area contributed by atoms with Crippen molar-refractivity contribution in [3.63, 3.8) is 0 Å². The van der Waals surface area contributed by atoms with Gasteiger partial charge in [-0.2, -0.15) is 0 Å². The van der Waals surface area contributed by atoms with Crippen LogP contribution in [0.1, 0.15) is 48.2 Å². The third-order valence-corrected chi connectivity index (χ3v) is 4.40. The number of carbonyl (C=O) groups excluding carboxylic acids is 1. The van der Waals surface area contributed by atoms with Crippen LogP contribution in [0.5, 0.6) is 5.88 Å². The van der Waals surface area contributed by atoms with Crippen molar-refractivity contribution < 1.29 is 9.53 Å². The molecule has 0 unspecified atom stereocenters. The molecule has 2 rings (SSSR count). The third-order valence-electron chi connectivity index (χ3n) is 4.40. The van der Waals surface area contributed by atoms with Gasteiger partial charge in [-0.05, 0) is 37.1 Å². The summed E-state index contributed by atoms with van der Waals surface area (Å²) in [7, 11) is 3.49. The molecule has 170 valence electrons. The Hall–Kier alpha value is -2.36. The van der Waals surface area contributed by atoms with Crippen LogP contribution in [-0.2, 0) is 13.1 Å². The third kappa shape index (κ3) is 9.12. The van der Waals surface area contributed by atoms with Crippen molar-refractivity contribution in [3.05, 3.63) is 59.3 Å². The minimum atomic E-state index is -0.00603. The Morgan fingerprint density at radius 3 is 2.52 bits per heavy atom. The molecule has 0 aliphatic rings. The van der Waals surface area contributed by atoms with E-state index in [2.05, 4.69) is 27.5 Å². The number of benzene rings is 1. The number of carbonyl (C=O) groups is 1. The first-order valence-electron chi connectivity index (χ1n) is 10.4. The predicted molar refractivity (Wildman–Crippen MR) is 136 cm³/mol. The number of hydrogen-bond acceptors (Lipinski definition) is 4.